The lowest BCUT2D eigenvalue weighted by atomic mass is 9.89. The van der Waals surface area contributed by atoms with E-state index in [1.807, 2.05) is 54.6 Å². The van der Waals surface area contributed by atoms with Gasteiger partial charge in [0.15, 0.2) is 0 Å². The summed E-state index contributed by atoms with van der Waals surface area (Å²) in [5.74, 6) is 0.414. The van der Waals surface area contributed by atoms with Crippen LogP contribution in [0.5, 0.6) is 0 Å². The van der Waals surface area contributed by atoms with Crippen LogP contribution in [0.3, 0.4) is 0 Å². The highest BCUT2D eigenvalue weighted by molar-refractivity contribution is 7.89. The molecule has 2 N–H and O–H groups in total. The van der Waals surface area contributed by atoms with Gasteiger partial charge in [0.2, 0.25) is 10.0 Å². The molecular weight excluding hydrogens is 548 g/mol. The first-order valence-corrected chi connectivity index (χ1v) is 17.1. The fourth-order valence-corrected chi connectivity index (χ4v) is 7.63. The lowest BCUT2D eigenvalue weighted by Crippen LogP contribution is -2.39. The Kier molecular flexibility index (Phi) is 11.4. The molecule has 5 heteroatoms. The third-order valence-electron chi connectivity index (χ3n) is 8.13. The van der Waals surface area contributed by atoms with Gasteiger partial charge in [0.1, 0.15) is 0 Å². The molecule has 43 heavy (non-hydrogen) atoms. The average molecular weight is 597 g/mol. The number of benzene rings is 4. The van der Waals surface area contributed by atoms with Crippen LogP contribution in [0.25, 0.3) is 0 Å². The van der Waals surface area contributed by atoms with E-state index in [1.54, 1.807) is 0 Å². The van der Waals surface area contributed by atoms with Gasteiger partial charge in [-0.3, -0.25) is 0 Å². The summed E-state index contributed by atoms with van der Waals surface area (Å²) in [4.78, 5) is 0.429. The second-order valence-corrected chi connectivity index (χ2v) is 14.1. The van der Waals surface area contributed by atoms with Crippen molar-refractivity contribution >= 4 is 10.0 Å². The van der Waals surface area contributed by atoms with Crippen molar-refractivity contribution in [2.24, 2.45) is 0 Å². The van der Waals surface area contributed by atoms with Crippen LogP contribution in [0.15, 0.2) is 108 Å². The van der Waals surface area contributed by atoms with Crippen molar-refractivity contribution in [3.05, 3.63) is 137 Å². The van der Waals surface area contributed by atoms with Crippen LogP contribution in [0.2, 0.25) is 0 Å². The molecule has 4 aromatic rings. The van der Waals surface area contributed by atoms with E-state index in [0.717, 1.165) is 41.6 Å². The number of nitrogens with one attached hydrogen (secondary N) is 2. The number of hydrogen-bond donors (Lipinski definition) is 2. The molecule has 2 atom stereocenters. The lowest BCUT2D eigenvalue weighted by Gasteiger charge is -2.31. The summed E-state index contributed by atoms with van der Waals surface area (Å²) < 4.78 is 32.6. The monoisotopic (exact) mass is 596 g/mol. The predicted octanol–water partition coefficient (Wildman–Crippen LogP) is 9.04. The zero-order valence-corrected chi connectivity index (χ0v) is 27.4. The molecule has 228 valence electrons. The van der Waals surface area contributed by atoms with Gasteiger partial charge < -0.3 is 5.32 Å². The molecule has 4 rings (SSSR count). The van der Waals surface area contributed by atoms with Crippen LogP contribution in [0, 0.1) is 0 Å². The largest absolute Gasteiger partial charge is 0.308 e. The number of hydrogen-bond acceptors (Lipinski definition) is 3. The molecule has 4 aromatic carbocycles. The molecule has 4 nitrogen and oxygen atoms in total. The van der Waals surface area contributed by atoms with Crippen molar-refractivity contribution in [1.29, 1.82) is 0 Å². The first kappa shape index (κ1) is 32.7. The normalized spacial score (nSPS) is 13.5. The fourth-order valence-electron chi connectivity index (χ4n) is 5.70. The maximum absolute atomic E-state index is 14.7. The minimum absolute atomic E-state index is 0.0546. The summed E-state index contributed by atoms with van der Waals surface area (Å²) in [6.45, 7) is 13.4. The van der Waals surface area contributed by atoms with Crippen LogP contribution >= 0.6 is 0 Å². The van der Waals surface area contributed by atoms with Gasteiger partial charge in [0.25, 0.3) is 0 Å². The van der Waals surface area contributed by atoms with Crippen LogP contribution in [0.1, 0.15) is 111 Å². The zero-order valence-electron chi connectivity index (χ0n) is 26.5. The highest BCUT2D eigenvalue weighted by Crippen LogP contribution is 2.37. The molecule has 0 amide bonds. The summed E-state index contributed by atoms with van der Waals surface area (Å²) >= 11 is 0. The third-order valence-corrected chi connectivity index (χ3v) is 9.70. The van der Waals surface area contributed by atoms with Gasteiger partial charge in [-0.05, 0) is 70.5 Å². The third kappa shape index (κ3) is 8.44. The second-order valence-electron chi connectivity index (χ2n) is 12.4. The Morgan fingerprint density at radius 3 is 1.51 bits per heavy atom. The minimum Gasteiger partial charge on any atom is -0.308 e. The molecule has 0 spiro atoms. The molecule has 0 heterocycles. The first-order valence-electron chi connectivity index (χ1n) is 15.7. The van der Waals surface area contributed by atoms with E-state index in [4.69, 9.17) is 0 Å². The van der Waals surface area contributed by atoms with Gasteiger partial charge in [-0.15, -0.1) is 0 Å². The Morgan fingerprint density at radius 2 is 1.05 bits per heavy atom. The van der Waals surface area contributed by atoms with Crippen molar-refractivity contribution in [2.45, 2.75) is 89.1 Å². The Morgan fingerprint density at radius 1 is 0.581 bits per heavy atom. The SMILES string of the molecule is CC(C)c1cc(C(C)C)c(S(=O)(=O)NC(c2ccccc2)[C@H](NCCCc2ccccc2)c2ccccc2)c(C(C)C)c1. The molecule has 0 fully saturated rings. The van der Waals surface area contributed by atoms with Crippen molar-refractivity contribution in [2.75, 3.05) is 6.54 Å². The van der Waals surface area contributed by atoms with Crippen molar-refractivity contribution < 1.29 is 8.42 Å². The molecule has 1 unspecified atom stereocenters. The maximum Gasteiger partial charge on any atom is 0.241 e. The van der Waals surface area contributed by atoms with Crippen LogP contribution in [-0.4, -0.2) is 15.0 Å². The number of aryl methyl sites for hydroxylation is 1. The van der Waals surface area contributed by atoms with Crippen molar-refractivity contribution in [3.8, 4) is 0 Å². The van der Waals surface area contributed by atoms with E-state index in [2.05, 4.69) is 100 Å². The lowest BCUT2D eigenvalue weighted by molar-refractivity contribution is 0.420. The average Bonchev–Trinajstić information content (AvgIpc) is 3.00. The van der Waals surface area contributed by atoms with Gasteiger partial charge in [0, 0.05) is 0 Å². The molecule has 0 saturated heterocycles. The Hall–Kier alpha value is -3.25. The Labute approximate surface area is 260 Å². The minimum atomic E-state index is -3.92. The molecule has 0 saturated carbocycles. The molecule has 0 aliphatic heterocycles. The van der Waals surface area contributed by atoms with E-state index < -0.39 is 16.1 Å². The van der Waals surface area contributed by atoms with Crippen molar-refractivity contribution in [1.82, 2.24) is 10.0 Å². The second kappa shape index (κ2) is 15.0. The Bertz CT molecular complexity index is 1500. The van der Waals surface area contributed by atoms with Crippen molar-refractivity contribution in [3.63, 3.8) is 0 Å². The number of rotatable bonds is 14. The smallest absolute Gasteiger partial charge is 0.241 e. The first-order chi connectivity index (χ1) is 20.6. The molecular formula is C38H48N2O2S. The molecule has 0 aliphatic carbocycles. The molecule has 0 aromatic heterocycles. The van der Waals surface area contributed by atoms with E-state index in [-0.39, 0.29) is 17.9 Å². The standard InChI is InChI=1S/C38H48N2O2S/c1-27(2)33-25-34(28(3)4)38(35(26-33)29(5)6)43(41,42)40-37(32-22-14-9-15-23-32)36(31-20-12-8-13-21-31)39-24-16-19-30-17-10-7-11-18-30/h7-15,17-18,20-23,25-29,36-37,39-40H,16,19,24H2,1-6H3/t36-,37?/m1/s1. The molecule has 0 aliphatic rings. The topological polar surface area (TPSA) is 58.2 Å². The summed E-state index contributed by atoms with van der Waals surface area (Å²) in [6.07, 6.45) is 1.89. The summed E-state index contributed by atoms with van der Waals surface area (Å²) in [5, 5.41) is 3.75. The van der Waals surface area contributed by atoms with E-state index in [9.17, 15) is 8.42 Å². The van der Waals surface area contributed by atoms with Gasteiger partial charge in [-0.1, -0.05) is 145 Å². The quantitative estimate of drug-likeness (QED) is 0.143. The summed E-state index contributed by atoms with van der Waals surface area (Å²) in [5.41, 5.74) is 6.19. The summed E-state index contributed by atoms with van der Waals surface area (Å²) in [6, 6.07) is 34.0. The summed E-state index contributed by atoms with van der Waals surface area (Å²) in [7, 11) is -3.92. The predicted molar refractivity (Wildman–Crippen MR) is 180 cm³/mol. The fraction of sp³-hybridized carbons (Fsp3) is 0.368. The highest BCUT2D eigenvalue weighted by atomic mass is 32.2. The molecule has 0 radical (unpaired) electrons. The van der Waals surface area contributed by atoms with E-state index in [0.29, 0.717) is 10.8 Å². The Balaban J connectivity index is 1.77. The van der Waals surface area contributed by atoms with Crippen LogP contribution in [0.4, 0.5) is 0 Å². The van der Waals surface area contributed by atoms with Gasteiger partial charge >= 0.3 is 0 Å². The van der Waals surface area contributed by atoms with E-state index >= 15 is 0 Å². The van der Waals surface area contributed by atoms with Crippen LogP contribution in [-0.2, 0) is 16.4 Å². The van der Waals surface area contributed by atoms with Crippen LogP contribution < -0.4 is 10.0 Å². The van der Waals surface area contributed by atoms with E-state index in [1.165, 1.54) is 11.1 Å². The maximum atomic E-state index is 14.7. The van der Waals surface area contributed by atoms with Gasteiger partial charge in [0.05, 0.1) is 17.0 Å². The van der Waals surface area contributed by atoms with Gasteiger partial charge in [-0.25, -0.2) is 13.1 Å². The zero-order chi connectivity index (χ0) is 31.0. The molecule has 0 bridgehead atoms. The van der Waals surface area contributed by atoms with Gasteiger partial charge in [-0.2, -0.15) is 0 Å². The number of sulfonamides is 1. The highest BCUT2D eigenvalue weighted by Gasteiger charge is 2.33.